The number of anilines is 3. The molecule has 2 aromatic heterocycles. The second kappa shape index (κ2) is 13.8. The van der Waals surface area contributed by atoms with Crippen LogP contribution in [-0.4, -0.2) is 4.98 Å². The van der Waals surface area contributed by atoms with E-state index in [0.29, 0.717) is 0 Å². The van der Waals surface area contributed by atoms with Crippen LogP contribution in [0.5, 0.6) is 0 Å². The molecule has 9 aromatic carbocycles. The Kier molecular flexibility index (Phi) is 8.04. The zero-order chi connectivity index (χ0) is 38.6. The van der Waals surface area contributed by atoms with Gasteiger partial charge >= 0.3 is 0 Å². The number of benzene rings is 9. The lowest BCUT2D eigenvalue weighted by molar-refractivity contribution is 0.670. The van der Waals surface area contributed by atoms with Crippen molar-refractivity contribution in [2.75, 3.05) is 4.90 Å². The van der Waals surface area contributed by atoms with Crippen LogP contribution in [0.15, 0.2) is 211 Å². The zero-order valence-corrected chi connectivity index (χ0v) is 32.0. The van der Waals surface area contributed by atoms with Gasteiger partial charge in [-0.25, -0.2) is 0 Å². The summed E-state index contributed by atoms with van der Waals surface area (Å²) in [5, 5.41) is 4.73. The first kappa shape index (κ1) is 33.7. The van der Waals surface area contributed by atoms with E-state index in [2.05, 4.69) is 211 Å². The molecule has 0 aliphatic carbocycles. The van der Waals surface area contributed by atoms with Crippen molar-refractivity contribution in [3.05, 3.63) is 212 Å². The molecule has 58 heavy (non-hydrogen) atoms. The normalized spacial score (nSPS) is 11.5. The average Bonchev–Trinajstić information content (AvgIpc) is 3.86. The van der Waals surface area contributed by atoms with Crippen molar-refractivity contribution >= 4 is 60.8 Å². The third kappa shape index (κ3) is 5.75. The standard InChI is InChI=1S/C55H38N2O/c1-36-12-5-6-15-45(36)50-34-41(35-51-47-16-7-9-20-52(47)56-54(50)51)39-24-30-43(31-25-39)57(42-28-22-38(23-29-42)37-13-3-2-4-14-37)44-32-26-40(27-33-44)46-18-11-19-49-48-17-8-10-21-53(48)58-55(46)49/h2-35,56H,1H3. The van der Waals surface area contributed by atoms with E-state index in [1.165, 1.54) is 55.2 Å². The summed E-state index contributed by atoms with van der Waals surface area (Å²) in [6, 6.07) is 73.9. The van der Waals surface area contributed by atoms with E-state index in [1.54, 1.807) is 0 Å². The quantitative estimate of drug-likeness (QED) is 0.176. The first-order valence-corrected chi connectivity index (χ1v) is 19.8. The lowest BCUT2D eigenvalue weighted by atomic mass is 9.93. The number of para-hydroxylation sites is 3. The topological polar surface area (TPSA) is 32.2 Å². The summed E-state index contributed by atoms with van der Waals surface area (Å²) in [6.07, 6.45) is 0. The van der Waals surface area contributed by atoms with Gasteiger partial charge in [0.2, 0.25) is 0 Å². The van der Waals surface area contributed by atoms with E-state index in [-0.39, 0.29) is 0 Å². The minimum absolute atomic E-state index is 0.905. The second-order valence-electron chi connectivity index (χ2n) is 15.1. The molecule has 0 bridgehead atoms. The predicted molar refractivity (Wildman–Crippen MR) is 244 cm³/mol. The van der Waals surface area contributed by atoms with Crippen molar-refractivity contribution in [1.29, 1.82) is 0 Å². The highest BCUT2D eigenvalue weighted by Gasteiger charge is 2.18. The molecule has 3 nitrogen and oxygen atoms in total. The Hall–Kier alpha value is -7.62. The summed E-state index contributed by atoms with van der Waals surface area (Å²) in [6.45, 7) is 2.19. The molecule has 0 fully saturated rings. The number of rotatable bonds is 7. The van der Waals surface area contributed by atoms with Gasteiger partial charge in [-0.3, -0.25) is 0 Å². The van der Waals surface area contributed by atoms with Gasteiger partial charge in [0.25, 0.3) is 0 Å². The van der Waals surface area contributed by atoms with Gasteiger partial charge in [-0.05, 0) is 107 Å². The Morgan fingerprint density at radius 1 is 0.379 bits per heavy atom. The number of aryl methyl sites for hydroxylation is 1. The molecule has 0 radical (unpaired) electrons. The van der Waals surface area contributed by atoms with Gasteiger partial charge in [0, 0.05) is 55.3 Å². The van der Waals surface area contributed by atoms with Gasteiger partial charge in [0.05, 0.1) is 5.52 Å². The fourth-order valence-electron chi connectivity index (χ4n) is 8.65. The summed E-state index contributed by atoms with van der Waals surface area (Å²) in [5.74, 6) is 0. The number of fused-ring (bicyclic) bond motifs is 6. The first-order chi connectivity index (χ1) is 28.7. The van der Waals surface area contributed by atoms with Crippen molar-refractivity contribution in [3.63, 3.8) is 0 Å². The van der Waals surface area contributed by atoms with Gasteiger partial charge < -0.3 is 14.3 Å². The minimum Gasteiger partial charge on any atom is -0.455 e. The molecular formula is C55H38N2O. The molecule has 2 heterocycles. The smallest absolute Gasteiger partial charge is 0.143 e. The van der Waals surface area contributed by atoms with E-state index < -0.39 is 0 Å². The highest BCUT2D eigenvalue weighted by atomic mass is 16.3. The maximum Gasteiger partial charge on any atom is 0.143 e. The number of aromatic amines is 1. The first-order valence-electron chi connectivity index (χ1n) is 19.8. The Bertz CT molecular complexity index is 3260. The number of furan rings is 1. The average molecular weight is 743 g/mol. The number of nitrogens with one attached hydrogen (secondary N) is 1. The van der Waals surface area contributed by atoms with Crippen molar-refractivity contribution in [1.82, 2.24) is 4.98 Å². The van der Waals surface area contributed by atoms with Crippen molar-refractivity contribution in [2.45, 2.75) is 6.92 Å². The summed E-state index contributed by atoms with van der Waals surface area (Å²) in [7, 11) is 0. The molecule has 3 heteroatoms. The van der Waals surface area contributed by atoms with Crippen LogP contribution in [-0.2, 0) is 0 Å². The summed E-state index contributed by atoms with van der Waals surface area (Å²) < 4.78 is 6.42. The van der Waals surface area contributed by atoms with Gasteiger partial charge in [0.15, 0.2) is 0 Å². The molecule has 0 aliphatic heterocycles. The molecule has 11 rings (SSSR count). The third-order valence-electron chi connectivity index (χ3n) is 11.6. The lowest BCUT2D eigenvalue weighted by Crippen LogP contribution is -2.09. The molecule has 11 aromatic rings. The molecule has 1 N–H and O–H groups in total. The van der Waals surface area contributed by atoms with Crippen molar-refractivity contribution in [3.8, 4) is 44.5 Å². The molecule has 274 valence electrons. The van der Waals surface area contributed by atoms with E-state index in [1.807, 2.05) is 12.1 Å². The minimum atomic E-state index is 0.905. The van der Waals surface area contributed by atoms with Crippen LogP contribution in [0, 0.1) is 6.92 Å². The molecule has 0 unspecified atom stereocenters. The molecule has 0 saturated carbocycles. The van der Waals surface area contributed by atoms with Gasteiger partial charge in [-0.15, -0.1) is 0 Å². The van der Waals surface area contributed by atoms with Crippen LogP contribution < -0.4 is 4.90 Å². The zero-order valence-electron chi connectivity index (χ0n) is 32.0. The largest absolute Gasteiger partial charge is 0.455 e. The summed E-state index contributed by atoms with van der Waals surface area (Å²) in [4.78, 5) is 6.08. The van der Waals surface area contributed by atoms with Crippen LogP contribution >= 0.6 is 0 Å². The number of hydrogen-bond donors (Lipinski definition) is 1. The number of hydrogen-bond acceptors (Lipinski definition) is 2. The predicted octanol–water partition coefficient (Wildman–Crippen LogP) is 15.7. The number of nitrogens with zero attached hydrogens (tertiary/aromatic N) is 1. The highest BCUT2D eigenvalue weighted by molar-refractivity contribution is 6.14. The summed E-state index contributed by atoms with van der Waals surface area (Å²) >= 11 is 0. The Balaban J connectivity index is 1.01. The fraction of sp³-hybridized carbons (Fsp3) is 0.0182. The number of aromatic nitrogens is 1. The number of H-pyrrole nitrogens is 1. The third-order valence-corrected chi connectivity index (χ3v) is 11.6. The second-order valence-corrected chi connectivity index (χ2v) is 15.1. The SMILES string of the molecule is Cc1ccccc1-c1cc(-c2ccc(N(c3ccc(-c4ccccc4)cc3)c3ccc(-c4cccc5c4oc4ccccc45)cc3)cc2)cc2c1[nH]c1ccccc12. The molecule has 0 saturated heterocycles. The van der Waals surface area contributed by atoms with Gasteiger partial charge in [0.1, 0.15) is 11.2 Å². The van der Waals surface area contributed by atoms with Crippen LogP contribution in [0.2, 0.25) is 0 Å². The molecule has 0 amide bonds. The Labute approximate surface area is 337 Å². The highest BCUT2D eigenvalue weighted by Crippen LogP contribution is 2.42. The molecule has 0 atom stereocenters. The van der Waals surface area contributed by atoms with Crippen molar-refractivity contribution < 1.29 is 4.42 Å². The Morgan fingerprint density at radius 3 is 1.66 bits per heavy atom. The van der Waals surface area contributed by atoms with E-state index in [9.17, 15) is 0 Å². The monoisotopic (exact) mass is 742 g/mol. The molecule has 0 spiro atoms. The molecular weight excluding hydrogens is 705 g/mol. The van der Waals surface area contributed by atoms with Crippen LogP contribution in [0.1, 0.15) is 5.56 Å². The van der Waals surface area contributed by atoms with E-state index >= 15 is 0 Å². The maximum absolute atomic E-state index is 6.42. The van der Waals surface area contributed by atoms with Gasteiger partial charge in [-0.2, -0.15) is 0 Å². The van der Waals surface area contributed by atoms with Crippen LogP contribution in [0.3, 0.4) is 0 Å². The maximum atomic E-state index is 6.42. The van der Waals surface area contributed by atoms with Gasteiger partial charge in [-0.1, -0.05) is 146 Å². The van der Waals surface area contributed by atoms with Crippen LogP contribution in [0.25, 0.3) is 88.3 Å². The summed E-state index contributed by atoms with van der Waals surface area (Å²) in [5.41, 5.74) is 18.0. The fourth-order valence-corrected chi connectivity index (χ4v) is 8.65. The Morgan fingerprint density at radius 2 is 0.931 bits per heavy atom. The lowest BCUT2D eigenvalue weighted by Gasteiger charge is -2.26. The van der Waals surface area contributed by atoms with Crippen LogP contribution in [0.4, 0.5) is 17.1 Å². The molecule has 0 aliphatic rings. The van der Waals surface area contributed by atoms with E-state index in [4.69, 9.17) is 4.42 Å². The van der Waals surface area contributed by atoms with Crippen molar-refractivity contribution in [2.24, 2.45) is 0 Å². The van der Waals surface area contributed by atoms with E-state index in [0.717, 1.165) is 55.6 Å².